The molecule has 0 bridgehead atoms. The van der Waals surface area contributed by atoms with Gasteiger partial charge in [0.15, 0.2) is 11.9 Å². The number of amides is 1. The van der Waals surface area contributed by atoms with Crippen LogP contribution < -0.4 is 18.5 Å². The van der Waals surface area contributed by atoms with Gasteiger partial charge in [-0.3, -0.25) is 4.79 Å². The van der Waals surface area contributed by atoms with Crippen LogP contribution in [-0.4, -0.2) is 55.6 Å². The lowest BCUT2D eigenvalue weighted by atomic mass is 9.72. The quantitative estimate of drug-likeness (QED) is 0.111. The first kappa shape index (κ1) is 43.9. The molecule has 60 heavy (non-hydrogen) atoms. The zero-order valence-electron chi connectivity index (χ0n) is 36.9. The third-order valence-corrected chi connectivity index (χ3v) is 11.1. The molecule has 2 unspecified atom stereocenters. The van der Waals surface area contributed by atoms with Crippen LogP contribution in [0.3, 0.4) is 0 Å². The van der Waals surface area contributed by atoms with Gasteiger partial charge in [-0.1, -0.05) is 110 Å². The van der Waals surface area contributed by atoms with Crippen LogP contribution in [0.15, 0.2) is 107 Å². The molecule has 0 saturated heterocycles. The molecular formula is C48H59N7O4S. The van der Waals surface area contributed by atoms with Crippen LogP contribution in [0.25, 0.3) is 11.4 Å². The molecule has 1 aliphatic rings. The molecule has 5 aromatic rings. The first-order chi connectivity index (χ1) is 28.3. The maximum absolute atomic E-state index is 13.1. The van der Waals surface area contributed by atoms with Crippen LogP contribution in [0, 0.1) is 10.8 Å². The van der Waals surface area contributed by atoms with Gasteiger partial charge in [0.2, 0.25) is 5.82 Å². The molecule has 1 N–H and O–H groups in total. The van der Waals surface area contributed by atoms with Crippen LogP contribution in [0.4, 0.5) is 11.4 Å². The van der Waals surface area contributed by atoms with E-state index < -0.39 is 23.3 Å². The molecule has 0 radical (unpaired) electrons. The number of hydrogen-bond acceptors (Lipinski definition) is 9. The molecule has 12 heteroatoms. The Hall–Kier alpha value is -5.62. The number of benzene rings is 4. The number of aromatic nitrogens is 3. The summed E-state index contributed by atoms with van der Waals surface area (Å²) in [6.45, 7) is 25.4. The van der Waals surface area contributed by atoms with Gasteiger partial charge in [-0.25, -0.2) is 14.7 Å². The van der Waals surface area contributed by atoms with Gasteiger partial charge in [0.05, 0.1) is 11.4 Å². The predicted molar refractivity (Wildman–Crippen MR) is 244 cm³/mol. The van der Waals surface area contributed by atoms with Crippen molar-refractivity contribution in [2.24, 2.45) is 20.9 Å². The van der Waals surface area contributed by atoms with Crippen molar-refractivity contribution in [2.45, 2.75) is 101 Å². The van der Waals surface area contributed by atoms with E-state index in [0.29, 0.717) is 35.3 Å². The Bertz CT molecular complexity index is 2370. The van der Waals surface area contributed by atoms with Gasteiger partial charge in [0, 0.05) is 36.2 Å². The highest BCUT2D eigenvalue weighted by atomic mass is 32.2. The summed E-state index contributed by atoms with van der Waals surface area (Å²) in [6, 6.07) is 31.3. The lowest BCUT2D eigenvalue weighted by molar-refractivity contribution is -0.125. The van der Waals surface area contributed by atoms with E-state index in [-0.39, 0.29) is 16.2 Å². The maximum atomic E-state index is 13.1. The van der Waals surface area contributed by atoms with Crippen molar-refractivity contribution in [3.8, 4) is 22.9 Å². The summed E-state index contributed by atoms with van der Waals surface area (Å²) >= 11 is -2.08. The number of nitrogens with zero attached hydrogens (tertiary/aromatic N) is 6. The summed E-state index contributed by atoms with van der Waals surface area (Å²) < 4.78 is 26.7. The summed E-state index contributed by atoms with van der Waals surface area (Å²) in [5.41, 5.74) is 7.26. The van der Waals surface area contributed by atoms with E-state index in [1.807, 2.05) is 36.4 Å². The fourth-order valence-electron chi connectivity index (χ4n) is 7.62. The summed E-state index contributed by atoms with van der Waals surface area (Å²) in [5.74, 6) is 1.56. The zero-order valence-corrected chi connectivity index (χ0v) is 37.7. The molecule has 0 spiro atoms. The molecule has 0 aliphatic carbocycles. The minimum Gasteiger partial charge on any atom is -0.481 e. The number of carbonyl (C=O) groups excluding carboxylic acids is 1. The van der Waals surface area contributed by atoms with E-state index in [1.54, 1.807) is 36.0 Å². The average Bonchev–Trinajstić information content (AvgIpc) is 3.76. The minimum atomic E-state index is -2.08. The molecular weight excluding hydrogens is 771 g/mol. The summed E-state index contributed by atoms with van der Waals surface area (Å²) in [4.78, 5) is 27.1. The van der Waals surface area contributed by atoms with Crippen molar-refractivity contribution < 1.29 is 17.9 Å². The molecule has 0 saturated carbocycles. The second kappa shape index (κ2) is 17.9. The number of ether oxygens (including phenoxy) is 1. The Kier molecular flexibility index (Phi) is 13.1. The Balaban J connectivity index is 1.24. The number of aliphatic imine (C=N–C) groups is 1. The third-order valence-electron chi connectivity index (χ3n) is 10.3. The molecule has 1 amide bonds. The molecule has 2 atom stereocenters. The van der Waals surface area contributed by atoms with Crippen LogP contribution >= 0.6 is 0 Å². The normalized spacial score (nSPS) is 14.7. The molecule has 4 aromatic carbocycles. The van der Waals surface area contributed by atoms with E-state index in [4.69, 9.17) is 29.1 Å². The molecule has 1 aromatic heterocycles. The van der Waals surface area contributed by atoms with Crippen molar-refractivity contribution in [1.29, 1.82) is 0 Å². The minimum absolute atomic E-state index is 0.114. The molecule has 6 rings (SSSR count). The summed E-state index contributed by atoms with van der Waals surface area (Å²) in [5, 5.41) is 9.68. The number of fused-ring (bicyclic) bond motifs is 1. The van der Waals surface area contributed by atoms with Crippen LogP contribution in [0.1, 0.15) is 105 Å². The molecule has 11 nitrogen and oxygen atoms in total. The van der Waals surface area contributed by atoms with Gasteiger partial charge >= 0.3 is 11.3 Å². The number of hydrogen-bond donors (Lipinski definition) is 1. The van der Waals surface area contributed by atoms with E-state index >= 15 is 0 Å². The van der Waals surface area contributed by atoms with Gasteiger partial charge in [0.25, 0.3) is 5.91 Å². The van der Waals surface area contributed by atoms with Gasteiger partial charge in [-0.15, -0.1) is 9.89 Å². The smallest absolute Gasteiger partial charge is 0.318 e. The largest absolute Gasteiger partial charge is 0.481 e. The summed E-state index contributed by atoms with van der Waals surface area (Å²) in [7, 11) is 0. The van der Waals surface area contributed by atoms with Crippen LogP contribution in [-0.2, 0) is 27.9 Å². The van der Waals surface area contributed by atoms with Gasteiger partial charge in [-0.2, -0.15) is 9.31 Å². The molecule has 0 fully saturated rings. The average molecular weight is 830 g/mol. The van der Waals surface area contributed by atoms with Gasteiger partial charge in [-0.05, 0) is 97.2 Å². The lowest BCUT2D eigenvalue weighted by Gasteiger charge is -2.33. The SMILES string of the molecule is CCN(CC)c1ccc(N=C2C(C(C)(C)C)=Nn3nc(-c4ccc(Cc5cc(C(C)(C)CC(C)(C)C)ccc5OC(C)C(=O)NS(=O)Oc5ccccc5)cc4)nc32)cc1. The fraction of sp³-hybridized carbons (Fsp3) is 0.396. The van der Waals surface area contributed by atoms with E-state index in [0.717, 1.165) is 53.3 Å². The van der Waals surface area contributed by atoms with Crippen molar-refractivity contribution in [3.05, 3.63) is 120 Å². The van der Waals surface area contributed by atoms with E-state index in [1.165, 1.54) is 5.56 Å². The summed E-state index contributed by atoms with van der Waals surface area (Å²) in [6.07, 6.45) is 0.569. The predicted octanol–water partition coefficient (Wildman–Crippen LogP) is 10.0. The first-order valence-corrected chi connectivity index (χ1v) is 21.8. The van der Waals surface area contributed by atoms with Crippen molar-refractivity contribution in [2.75, 3.05) is 18.0 Å². The van der Waals surface area contributed by atoms with E-state index in [9.17, 15) is 9.00 Å². The highest BCUT2D eigenvalue weighted by Gasteiger charge is 2.35. The standard InChI is InChI=1S/C48H59N7O4S/c1-12-54(13-2)38-26-24-37(25-27-38)49-41-42(47(7,8)9)51-55-44(41)50-43(52-55)34-21-19-33(20-22-34)29-35-30-36(48(10,11)31-46(4,5)6)23-28-40(35)58-32(3)45(56)53-60(57)59-39-17-15-14-16-18-39/h14-28,30,32H,12-13,29,31H2,1-11H3,(H,53,56). The van der Waals surface area contributed by atoms with Crippen molar-refractivity contribution in [1.82, 2.24) is 19.6 Å². The Morgan fingerprint density at radius 3 is 2.17 bits per heavy atom. The number of para-hydroxylation sites is 1. The second-order valence-electron chi connectivity index (χ2n) is 18.2. The third kappa shape index (κ3) is 10.8. The topological polar surface area (TPSA) is 123 Å². The van der Waals surface area contributed by atoms with Crippen LogP contribution in [0.5, 0.6) is 11.5 Å². The maximum Gasteiger partial charge on any atom is 0.318 e. The van der Waals surface area contributed by atoms with Gasteiger partial charge < -0.3 is 13.8 Å². The highest BCUT2D eigenvalue weighted by molar-refractivity contribution is 7.79. The van der Waals surface area contributed by atoms with Crippen molar-refractivity contribution >= 4 is 40.0 Å². The number of rotatable bonds is 15. The lowest BCUT2D eigenvalue weighted by Crippen LogP contribution is -2.39. The highest BCUT2D eigenvalue weighted by Crippen LogP contribution is 2.39. The van der Waals surface area contributed by atoms with Crippen LogP contribution in [0.2, 0.25) is 0 Å². The molecule has 2 heterocycles. The number of carbonyl (C=O) groups is 1. The van der Waals surface area contributed by atoms with Crippen molar-refractivity contribution in [3.63, 3.8) is 0 Å². The zero-order chi connectivity index (χ0) is 43.4. The van der Waals surface area contributed by atoms with Gasteiger partial charge in [0.1, 0.15) is 17.2 Å². The molecule has 316 valence electrons. The molecule has 1 aliphatic heterocycles. The fourth-order valence-corrected chi connectivity index (χ4v) is 8.28. The first-order valence-electron chi connectivity index (χ1n) is 20.7. The van der Waals surface area contributed by atoms with E-state index in [2.05, 4.69) is 115 Å². The number of nitrogens with one attached hydrogen (secondary N) is 1. The monoisotopic (exact) mass is 829 g/mol. The Morgan fingerprint density at radius 1 is 0.883 bits per heavy atom. The Labute approximate surface area is 358 Å². The second-order valence-corrected chi connectivity index (χ2v) is 19.0. The number of anilines is 1. The Morgan fingerprint density at radius 2 is 1.55 bits per heavy atom.